The smallest absolute Gasteiger partial charge is 0.344 e. The number of hydrogen-bond donors (Lipinski definition) is 1. The summed E-state index contributed by atoms with van der Waals surface area (Å²) >= 11 is 0. The van der Waals surface area contributed by atoms with Crippen molar-refractivity contribution in [1.82, 2.24) is 15.1 Å². The van der Waals surface area contributed by atoms with Gasteiger partial charge < -0.3 is 5.32 Å². The molecule has 4 nitrogen and oxygen atoms in total. The van der Waals surface area contributed by atoms with Crippen molar-refractivity contribution < 1.29 is 18.0 Å². The molecular weight excluding hydrogens is 319 g/mol. The van der Waals surface area contributed by atoms with Crippen LogP contribution in [-0.4, -0.2) is 55.0 Å². The summed E-state index contributed by atoms with van der Waals surface area (Å²) in [6.45, 7) is 3.79. The van der Waals surface area contributed by atoms with Crippen LogP contribution in [-0.2, 0) is 17.5 Å². The SMILES string of the molecule is C#CCNC(=O)CN1CCN(Cc2cccc(C(F)(F)F)c2)CC1. The molecule has 130 valence electrons. The average Bonchev–Trinajstić information content (AvgIpc) is 2.54. The van der Waals surface area contributed by atoms with Gasteiger partial charge in [0.1, 0.15) is 0 Å². The van der Waals surface area contributed by atoms with Crippen LogP contribution in [0.1, 0.15) is 11.1 Å². The Morgan fingerprint density at radius 3 is 2.50 bits per heavy atom. The number of piperazine rings is 1. The molecule has 0 unspecified atom stereocenters. The highest BCUT2D eigenvalue weighted by Crippen LogP contribution is 2.29. The second-order valence-electron chi connectivity index (χ2n) is 5.73. The molecule has 0 bridgehead atoms. The van der Waals surface area contributed by atoms with Crippen molar-refractivity contribution in [3.63, 3.8) is 0 Å². The first-order valence-electron chi connectivity index (χ1n) is 7.69. The van der Waals surface area contributed by atoms with Crippen molar-refractivity contribution in [2.45, 2.75) is 12.7 Å². The molecule has 0 atom stereocenters. The lowest BCUT2D eigenvalue weighted by atomic mass is 10.1. The Kier molecular flexibility index (Phi) is 6.23. The number of nitrogens with zero attached hydrogens (tertiary/aromatic N) is 2. The van der Waals surface area contributed by atoms with Gasteiger partial charge in [-0.3, -0.25) is 14.6 Å². The summed E-state index contributed by atoms with van der Waals surface area (Å²) in [6.07, 6.45) is 0.765. The normalized spacial score (nSPS) is 16.6. The van der Waals surface area contributed by atoms with E-state index in [0.29, 0.717) is 44.8 Å². The lowest BCUT2D eigenvalue weighted by Gasteiger charge is -2.34. The van der Waals surface area contributed by atoms with Gasteiger partial charge in [0.25, 0.3) is 0 Å². The van der Waals surface area contributed by atoms with Crippen LogP contribution in [0.25, 0.3) is 0 Å². The Morgan fingerprint density at radius 2 is 1.88 bits per heavy atom. The summed E-state index contributed by atoms with van der Waals surface area (Å²) in [4.78, 5) is 15.7. The number of carbonyl (C=O) groups excluding carboxylic acids is 1. The maximum atomic E-state index is 12.7. The monoisotopic (exact) mass is 339 g/mol. The van der Waals surface area contributed by atoms with Crippen LogP contribution in [0.15, 0.2) is 24.3 Å². The molecule has 1 fully saturated rings. The number of amides is 1. The van der Waals surface area contributed by atoms with Gasteiger partial charge >= 0.3 is 6.18 Å². The Labute approximate surface area is 139 Å². The third-order valence-corrected chi connectivity index (χ3v) is 3.88. The predicted octanol–water partition coefficient (Wildman–Crippen LogP) is 1.57. The fraction of sp³-hybridized carbons (Fsp3) is 0.471. The Hall–Kier alpha value is -2.04. The molecule has 1 N–H and O–H groups in total. The second-order valence-corrected chi connectivity index (χ2v) is 5.73. The van der Waals surface area contributed by atoms with Gasteiger partial charge in [0.2, 0.25) is 5.91 Å². The Morgan fingerprint density at radius 1 is 1.21 bits per heavy atom. The Balaban J connectivity index is 1.81. The van der Waals surface area contributed by atoms with E-state index < -0.39 is 11.7 Å². The summed E-state index contributed by atoms with van der Waals surface area (Å²) in [5, 5.41) is 2.61. The highest BCUT2D eigenvalue weighted by molar-refractivity contribution is 5.78. The molecule has 1 aromatic carbocycles. The van der Waals surface area contributed by atoms with Crippen molar-refractivity contribution in [2.24, 2.45) is 0 Å². The minimum Gasteiger partial charge on any atom is -0.344 e. The Bertz CT molecular complexity index is 602. The van der Waals surface area contributed by atoms with E-state index in [0.717, 1.165) is 6.07 Å². The molecule has 0 radical (unpaired) electrons. The molecule has 7 heteroatoms. The van der Waals surface area contributed by atoms with Crippen molar-refractivity contribution >= 4 is 5.91 Å². The summed E-state index contributed by atoms with van der Waals surface area (Å²) in [5.74, 6) is 2.23. The fourth-order valence-corrected chi connectivity index (χ4v) is 2.62. The summed E-state index contributed by atoms with van der Waals surface area (Å²) < 4.78 is 38.2. The predicted molar refractivity (Wildman–Crippen MR) is 85.0 cm³/mol. The zero-order valence-electron chi connectivity index (χ0n) is 13.3. The molecular formula is C17H20F3N3O. The molecule has 1 aliphatic rings. The summed E-state index contributed by atoms with van der Waals surface area (Å²) in [5.41, 5.74) is 0.0221. The molecule has 1 aliphatic heterocycles. The second kappa shape index (κ2) is 8.18. The van der Waals surface area contributed by atoms with Gasteiger partial charge in [0.05, 0.1) is 18.7 Å². The van der Waals surface area contributed by atoms with Crippen LogP contribution < -0.4 is 5.32 Å². The highest BCUT2D eigenvalue weighted by atomic mass is 19.4. The number of nitrogens with one attached hydrogen (secondary N) is 1. The van der Waals surface area contributed by atoms with Crippen LogP contribution in [0.2, 0.25) is 0 Å². The first kappa shape index (κ1) is 18.3. The van der Waals surface area contributed by atoms with E-state index in [1.807, 2.05) is 4.90 Å². The topological polar surface area (TPSA) is 35.6 Å². The van der Waals surface area contributed by atoms with Gasteiger partial charge in [-0.15, -0.1) is 6.42 Å². The van der Waals surface area contributed by atoms with E-state index in [2.05, 4.69) is 16.1 Å². The first-order valence-corrected chi connectivity index (χ1v) is 7.69. The van der Waals surface area contributed by atoms with Crippen LogP contribution in [0.3, 0.4) is 0 Å². The van der Waals surface area contributed by atoms with Gasteiger partial charge in [-0.25, -0.2) is 0 Å². The van der Waals surface area contributed by atoms with Gasteiger partial charge in [-0.1, -0.05) is 24.1 Å². The lowest BCUT2D eigenvalue weighted by Crippen LogP contribution is -2.49. The zero-order chi connectivity index (χ0) is 17.6. The van der Waals surface area contributed by atoms with Gasteiger partial charge in [-0.05, 0) is 11.6 Å². The fourth-order valence-electron chi connectivity index (χ4n) is 2.62. The first-order chi connectivity index (χ1) is 11.4. The number of carbonyl (C=O) groups is 1. The van der Waals surface area contributed by atoms with E-state index in [1.165, 1.54) is 12.1 Å². The minimum absolute atomic E-state index is 0.112. The number of halogens is 3. The van der Waals surface area contributed by atoms with Crippen LogP contribution >= 0.6 is 0 Å². The number of benzene rings is 1. The molecule has 0 aromatic heterocycles. The molecule has 0 aliphatic carbocycles. The van der Waals surface area contributed by atoms with Crippen molar-refractivity contribution in [3.05, 3.63) is 35.4 Å². The molecule has 1 amide bonds. The standard InChI is InChI=1S/C17H20F3N3O/c1-2-6-21-16(24)13-23-9-7-22(8-10-23)12-14-4-3-5-15(11-14)17(18,19)20/h1,3-5,11H,6-10,12-13H2,(H,21,24). The average molecular weight is 339 g/mol. The molecule has 1 aromatic rings. The molecule has 0 spiro atoms. The molecule has 2 rings (SSSR count). The minimum atomic E-state index is -4.32. The number of hydrogen-bond acceptors (Lipinski definition) is 3. The number of rotatable bonds is 5. The quantitative estimate of drug-likeness (QED) is 0.828. The van der Waals surface area contributed by atoms with Crippen molar-refractivity contribution in [1.29, 1.82) is 0 Å². The van der Waals surface area contributed by atoms with Crippen LogP contribution in [0, 0.1) is 12.3 Å². The zero-order valence-corrected chi connectivity index (χ0v) is 13.3. The number of terminal acetylenes is 1. The van der Waals surface area contributed by atoms with E-state index >= 15 is 0 Å². The van der Waals surface area contributed by atoms with Gasteiger partial charge in [0, 0.05) is 32.7 Å². The largest absolute Gasteiger partial charge is 0.416 e. The molecule has 0 saturated carbocycles. The van der Waals surface area contributed by atoms with Crippen LogP contribution in [0.4, 0.5) is 13.2 Å². The third kappa shape index (κ3) is 5.55. The van der Waals surface area contributed by atoms with E-state index in [1.54, 1.807) is 6.07 Å². The lowest BCUT2D eigenvalue weighted by molar-refractivity contribution is -0.137. The number of alkyl halides is 3. The maximum Gasteiger partial charge on any atom is 0.416 e. The van der Waals surface area contributed by atoms with E-state index in [9.17, 15) is 18.0 Å². The molecule has 1 saturated heterocycles. The maximum absolute atomic E-state index is 12.7. The molecule has 1 heterocycles. The summed E-state index contributed by atoms with van der Waals surface area (Å²) in [7, 11) is 0. The van der Waals surface area contributed by atoms with Gasteiger partial charge in [-0.2, -0.15) is 13.2 Å². The van der Waals surface area contributed by atoms with E-state index in [-0.39, 0.29) is 12.5 Å². The highest BCUT2D eigenvalue weighted by Gasteiger charge is 2.30. The van der Waals surface area contributed by atoms with Crippen LogP contribution in [0.5, 0.6) is 0 Å². The van der Waals surface area contributed by atoms with Gasteiger partial charge in [0.15, 0.2) is 0 Å². The van der Waals surface area contributed by atoms with E-state index in [4.69, 9.17) is 6.42 Å². The van der Waals surface area contributed by atoms with Crippen molar-refractivity contribution in [3.8, 4) is 12.3 Å². The van der Waals surface area contributed by atoms with Crippen molar-refractivity contribution in [2.75, 3.05) is 39.3 Å². The molecule has 24 heavy (non-hydrogen) atoms. The third-order valence-electron chi connectivity index (χ3n) is 3.88. The summed E-state index contributed by atoms with van der Waals surface area (Å²) in [6, 6.07) is 5.41.